The maximum atomic E-state index is 11.9. The second-order valence-electron chi connectivity index (χ2n) is 4.81. The van der Waals surface area contributed by atoms with Gasteiger partial charge in [0.15, 0.2) is 5.71 Å². The molecule has 0 saturated carbocycles. The second-order valence-corrected chi connectivity index (χ2v) is 4.81. The second kappa shape index (κ2) is 6.23. The van der Waals surface area contributed by atoms with E-state index in [4.69, 9.17) is 0 Å². The maximum Gasteiger partial charge on any atom is 0.337 e. The van der Waals surface area contributed by atoms with Gasteiger partial charge in [-0.05, 0) is 23.8 Å². The highest BCUT2D eigenvalue weighted by Gasteiger charge is 2.25. The van der Waals surface area contributed by atoms with Crippen LogP contribution in [0.15, 0.2) is 58.7 Å². The molecule has 0 radical (unpaired) electrons. The molecule has 2 aromatic rings. The van der Waals surface area contributed by atoms with Gasteiger partial charge in [-0.25, -0.2) is 4.79 Å². The smallest absolute Gasteiger partial charge is 0.337 e. The van der Waals surface area contributed by atoms with E-state index in [-0.39, 0.29) is 11.6 Å². The Bertz CT molecular complexity index is 823. The molecule has 0 bridgehead atoms. The predicted molar refractivity (Wildman–Crippen MR) is 87.0 cm³/mol. The number of hydrogen-bond acceptors (Lipinski definition) is 5. The highest BCUT2D eigenvalue weighted by molar-refractivity contribution is 6.53. The number of nitrogens with one attached hydrogen (secondary N) is 1. The maximum absolute atomic E-state index is 11.9. The molecule has 1 amide bonds. The monoisotopic (exact) mass is 307 g/mol. The number of carbonyl (C=O) groups excluding carboxylic acids is 2. The number of methoxy groups -OCH3 is 1. The highest BCUT2D eigenvalue weighted by Crippen LogP contribution is 2.22. The van der Waals surface area contributed by atoms with Gasteiger partial charge in [-0.15, -0.1) is 5.10 Å². The van der Waals surface area contributed by atoms with Crippen LogP contribution in [-0.4, -0.2) is 30.9 Å². The Hall–Kier alpha value is -3.28. The average molecular weight is 307 g/mol. The number of nitrogens with zero attached hydrogens (tertiary/aromatic N) is 2. The summed E-state index contributed by atoms with van der Waals surface area (Å²) in [7, 11) is 1.33. The minimum absolute atomic E-state index is 0.274. The molecular formula is C17H13N3O3. The Balaban J connectivity index is 1.79. The number of fused-ring (bicyclic) bond motifs is 1. The summed E-state index contributed by atoms with van der Waals surface area (Å²) in [6.45, 7) is 0. The number of ether oxygens (including phenoxy) is 1. The molecule has 0 unspecified atom stereocenters. The number of esters is 1. The summed E-state index contributed by atoms with van der Waals surface area (Å²) in [6, 6.07) is 14.0. The van der Waals surface area contributed by atoms with Crippen LogP contribution in [0.3, 0.4) is 0 Å². The highest BCUT2D eigenvalue weighted by atomic mass is 16.5. The zero-order valence-electron chi connectivity index (χ0n) is 12.3. The van der Waals surface area contributed by atoms with Gasteiger partial charge < -0.3 is 10.1 Å². The molecule has 6 heteroatoms. The molecule has 1 heterocycles. The van der Waals surface area contributed by atoms with Crippen molar-refractivity contribution in [3.8, 4) is 0 Å². The van der Waals surface area contributed by atoms with Crippen LogP contribution in [0.2, 0.25) is 0 Å². The first-order valence-corrected chi connectivity index (χ1v) is 6.89. The lowest BCUT2D eigenvalue weighted by molar-refractivity contribution is -0.110. The number of benzene rings is 2. The van der Waals surface area contributed by atoms with Crippen molar-refractivity contribution in [2.24, 2.45) is 10.2 Å². The van der Waals surface area contributed by atoms with E-state index < -0.39 is 5.97 Å². The molecule has 0 aliphatic carbocycles. The van der Waals surface area contributed by atoms with Crippen molar-refractivity contribution in [3.63, 3.8) is 0 Å². The van der Waals surface area contributed by atoms with Crippen molar-refractivity contribution in [2.45, 2.75) is 0 Å². The van der Waals surface area contributed by atoms with Gasteiger partial charge in [0, 0.05) is 5.56 Å². The van der Waals surface area contributed by atoms with Gasteiger partial charge >= 0.3 is 5.97 Å². The lowest BCUT2D eigenvalue weighted by atomic mass is 10.1. The van der Waals surface area contributed by atoms with Crippen molar-refractivity contribution < 1.29 is 14.3 Å². The number of carbonyl (C=O) groups is 2. The first-order valence-electron chi connectivity index (χ1n) is 6.89. The van der Waals surface area contributed by atoms with Crippen molar-refractivity contribution in [1.82, 2.24) is 0 Å². The van der Waals surface area contributed by atoms with Gasteiger partial charge in [-0.2, -0.15) is 5.10 Å². The van der Waals surface area contributed by atoms with E-state index in [9.17, 15) is 9.59 Å². The van der Waals surface area contributed by atoms with Gasteiger partial charge in [0.2, 0.25) is 0 Å². The van der Waals surface area contributed by atoms with E-state index >= 15 is 0 Å². The Kier molecular flexibility index (Phi) is 3.97. The summed E-state index contributed by atoms with van der Waals surface area (Å²) in [5.74, 6) is -0.669. The van der Waals surface area contributed by atoms with E-state index in [1.807, 2.05) is 24.3 Å². The van der Waals surface area contributed by atoms with Crippen LogP contribution >= 0.6 is 0 Å². The Morgan fingerprint density at radius 1 is 1.13 bits per heavy atom. The zero-order chi connectivity index (χ0) is 16.2. The van der Waals surface area contributed by atoms with Crippen molar-refractivity contribution in [2.75, 3.05) is 12.4 Å². The van der Waals surface area contributed by atoms with Crippen LogP contribution in [0.4, 0.5) is 5.69 Å². The lowest BCUT2D eigenvalue weighted by Crippen LogP contribution is -2.13. The van der Waals surface area contributed by atoms with E-state index in [2.05, 4.69) is 20.3 Å². The summed E-state index contributed by atoms with van der Waals surface area (Å²) < 4.78 is 4.63. The van der Waals surface area contributed by atoms with E-state index in [1.54, 1.807) is 24.3 Å². The fraction of sp³-hybridized carbons (Fsp3) is 0.0588. The molecule has 23 heavy (non-hydrogen) atoms. The van der Waals surface area contributed by atoms with Crippen LogP contribution in [0.5, 0.6) is 0 Å². The number of hydrogen-bond donors (Lipinski definition) is 1. The molecule has 6 nitrogen and oxygen atoms in total. The van der Waals surface area contributed by atoms with Gasteiger partial charge in [0.25, 0.3) is 5.91 Å². The van der Waals surface area contributed by atoms with Crippen molar-refractivity contribution >= 4 is 29.5 Å². The number of amides is 1. The molecule has 0 saturated heterocycles. The third-order valence-electron chi connectivity index (χ3n) is 3.34. The fourth-order valence-electron chi connectivity index (χ4n) is 2.18. The SMILES string of the molecule is COC(=O)c1ccc(/C=N/N=C2\C(=O)Nc3ccccc32)cc1. The molecule has 3 rings (SSSR count). The standard InChI is InChI=1S/C17H13N3O3/c1-23-17(22)12-8-6-11(7-9-12)10-18-20-15-13-4-2-3-5-14(13)19-16(15)21/h2-10H,1H3,(H,19,20,21)/b18-10+. The summed E-state index contributed by atoms with van der Waals surface area (Å²) in [6.07, 6.45) is 1.52. The zero-order valence-corrected chi connectivity index (χ0v) is 12.3. The Morgan fingerprint density at radius 3 is 2.61 bits per heavy atom. The molecule has 114 valence electrons. The van der Waals surface area contributed by atoms with Gasteiger partial charge in [0.05, 0.1) is 24.6 Å². The number of anilines is 1. The molecule has 0 spiro atoms. The molecule has 2 aromatic carbocycles. The molecule has 0 fully saturated rings. The molecule has 1 N–H and O–H groups in total. The molecule has 0 aromatic heterocycles. The van der Waals surface area contributed by atoms with Crippen LogP contribution < -0.4 is 5.32 Å². The lowest BCUT2D eigenvalue weighted by Gasteiger charge is -1.98. The van der Waals surface area contributed by atoms with Crippen LogP contribution in [-0.2, 0) is 9.53 Å². The molecule has 1 aliphatic rings. The van der Waals surface area contributed by atoms with Crippen LogP contribution in [0.1, 0.15) is 21.5 Å². The minimum atomic E-state index is -0.395. The normalized spacial score (nSPS) is 14.8. The third-order valence-corrected chi connectivity index (χ3v) is 3.34. The summed E-state index contributed by atoms with van der Waals surface area (Å²) >= 11 is 0. The minimum Gasteiger partial charge on any atom is -0.465 e. The number of rotatable bonds is 3. The number of para-hydroxylation sites is 1. The van der Waals surface area contributed by atoms with Gasteiger partial charge in [0.1, 0.15) is 0 Å². The third kappa shape index (κ3) is 3.01. The van der Waals surface area contributed by atoms with Crippen molar-refractivity contribution in [1.29, 1.82) is 0 Å². The van der Waals surface area contributed by atoms with Crippen molar-refractivity contribution in [3.05, 3.63) is 65.2 Å². The van der Waals surface area contributed by atoms with Crippen LogP contribution in [0, 0.1) is 0 Å². The summed E-state index contributed by atoms with van der Waals surface area (Å²) in [4.78, 5) is 23.2. The quantitative estimate of drug-likeness (QED) is 0.536. The Labute approximate surface area is 132 Å². The topological polar surface area (TPSA) is 80.1 Å². The van der Waals surface area contributed by atoms with Crippen LogP contribution in [0.25, 0.3) is 0 Å². The molecule has 0 atom stereocenters. The Morgan fingerprint density at radius 2 is 1.87 bits per heavy atom. The predicted octanol–water partition coefficient (Wildman–Crippen LogP) is 2.25. The van der Waals surface area contributed by atoms with E-state index in [0.717, 1.165) is 16.8 Å². The first kappa shape index (κ1) is 14.6. The molecule has 1 aliphatic heterocycles. The van der Waals surface area contributed by atoms with E-state index in [0.29, 0.717) is 5.56 Å². The largest absolute Gasteiger partial charge is 0.465 e. The first-order chi connectivity index (χ1) is 11.2. The van der Waals surface area contributed by atoms with E-state index in [1.165, 1.54) is 13.3 Å². The van der Waals surface area contributed by atoms with Gasteiger partial charge in [-0.3, -0.25) is 4.79 Å². The summed E-state index contributed by atoms with van der Waals surface area (Å²) in [5, 5.41) is 10.7. The molecular weight excluding hydrogens is 294 g/mol. The average Bonchev–Trinajstić information content (AvgIpc) is 2.90. The van der Waals surface area contributed by atoms with Gasteiger partial charge in [-0.1, -0.05) is 30.3 Å². The summed E-state index contributed by atoms with van der Waals surface area (Å²) in [5.41, 5.74) is 2.96. The fourth-order valence-corrected chi connectivity index (χ4v) is 2.18.